The van der Waals surface area contributed by atoms with Gasteiger partial charge in [0.2, 0.25) is 0 Å². The molecule has 0 atom stereocenters. The second-order valence-electron chi connectivity index (χ2n) is 6.66. The summed E-state index contributed by atoms with van der Waals surface area (Å²) in [5, 5.41) is 11.0. The zero-order valence-electron chi connectivity index (χ0n) is 15.9. The van der Waals surface area contributed by atoms with Crippen molar-refractivity contribution in [3.63, 3.8) is 0 Å². The van der Waals surface area contributed by atoms with Crippen molar-refractivity contribution in [1.29, 1.82) is 0 Å². The third-order valence-electron chi connectivity index (χ3n) is 4.69. The van der Waals surface area contributed by atoms with Gasteiger partial charge in [0.1, 0.15) is 0 Å². The van der Waals surface area contributed by atoms with E-state index < -0.39 is 6.43 Å². The second-order valence-corrected chi connectivity index (χ2v) is 6.66. The van der Waals surface area contributed by atoms with Crippen LogP contribution >= 0.6 is 24.0 Å². The number of likely N-dealkylation sites (tertiary alicyclic amines) is 1. The van der Waals surface area contributed by atoms with E-state index in [0.717, 1.165) is 30.1 Å². The molecule has 3 rings (SSSR count). The summed E-state index contributed by atoms with van der Waals surface area (Å²) in [6.45, 7) is 1.88. The quantitative estimate of drug-likeness (QED) is 0.361. The van der Waals surface area contributed by atoms with E-state index >= 15 is 0 Å². The number of hydrogen-bond donors (Lipinski definition) is 2. The Balaban J connectivity index is 0.00000280. The third-order valence-corrected chi connectivity index (χ3v) is 4.69. The van der Waals surface area contributed by atoms with Crippen LogP contribution in [0, 0.1) is 0 Å². The first kappa shape index (κ1) is 22.5. The molecule has 154 valence electrons. The normalized spacial score (nSPS) is 16.1. The molecule has 1 aliphatic heterocycles. The molecule has 0 bridgehead atoms. The van der Waals surface area contributed by atoms with Gasteiger partial charge in [0.25, 0.3) is 6.43 Å². The Kier molecular flexibility index (Phi) is 9.10. The van der Waals surface area contributed by atoms with Crippen molar-refractivity contribution in [2.75, 3.05) is 26.7 Å². The molecule has 0 radical (unpaired) electrons. The van der Waals surface area contributed by atoms with Crippen LogP contribution in [-0.4, -0.2) is 59.8 Å². The molecule has 1 fully saturated rings. The number of hydrogen-bond acceptors (Lipinski definition) is 3. The van der Waals surface area contributed by atoms with Gasteiger partial charge in [-0.3, -0.25) is 9.89 Å². The van der Waals surface area contributed by atoms with Gasteiger partial charge in [-0.15, -0.1) is 24.0 Å². The number of rotatable bonds is 6. The molecular formula is C19H27F2IN6. The Labute approximate surface area is 181 Å². The Hall–Kier alpha value is -1.75. The number of nitrogens with zero attached hydrogens (tertiary/aromatic N) is 4. The summed E-state index contributed by atoms with van der Waals surface area (Å²) in [5.41, 5.74) is 2.13. The molecule has 0 aliphatic carbocycles. The summed E-state index contributed by atoms with van der Waals surface area (Å²) in [7, 11) is 1.74. The lowest BCUT2D eigenvalue weighted by Gasteiger charge is -2.32. The molecule has 0 unspecified atom stereocenters. The summed E-state index contributed by atoms with van der Waals surface area (Å²) in [6, 6.07) is 10.3. The van der Waals surface area contributed by atoms with Crippen molar-refractivity contribution < 1.29 is 8.78 Å². The summed E-state index contributed by atoms with van der Waals surface area (Å²) >= 11 is 0. The van der Waals surface area contributed by atoms with E-state index in [9.17, 15) is 8.78 Å². The number of guanidine groups is 1. The maximum Gasteiger partial charge on any atom is 0.251 e. The van der Waals surface area contributed by atoms with Crippen molar-refractivity contribution in [2.24, 2.45) is 4.99 Å². The van der Waals surface area contributed by atoms with Gasteiger partial charge in [0.15, 0.2) is 5.96 Å². The molecule has 6 nitrogen and oxygen atoms in total. The van der Waals surface area contributed by atoms with Crippen molar-refractivity contribution in [2.45, 2.75) is 31.9 Å². The van der Waals surface area contributed by atoms with Crippen LogP contribution in [0.3, 0.4) is 0 Å². The van der Waals surface area contributed by atoms with Gasteiger partial charge in [-0.05, 0) is 36.6 Å². The van der Waals surface area contributed by atoms with E-state index in [4.69, 9.17) is 0 Å². The molecule has 1 saturated heterocycles. The van der Waals surface area contributed by atoms with Crippen LogP contribution in [0.25, 0.3) is 5.69 Å². The standard InChI is InChI=1S/C19H26F2N6.HI/c1-22-19(25-16-6-10-26(11-7-16)14-18(20)21)23-13-15-4-2-5-17(12-15)27-9-3-8-24-27;/h2-5,8-9,12,16,18H,6-7,10-11,13-14H2,1H3,(H2,22,23,25);1H. The Morgan fingerprint density at radius 3 is 2.71 bits per heavy atom. The monoisotopic (exact) mass is 504 g/mol. The van der Waals surface area contributed by atoms with Crippen LogP contribution in [0.1, 0.15) is 18.4 Å². The maximum atomic E-state index is 12.5. The molecule has 9 heteroatoms. The van der Waals surface area contributed by atoms with Gasteiger partial charge >= 0.3 is 0 Å². The molecular weight excluding hydrogens is 477 g/mol. The number of benzene rings is 1. The van der Waals surface area contributed by atoms with E-state index in [0.29, 0.717) is 19.6 Å². The van der Waals surface area contributed by atoms with Crippen molar-refractivity contribution in [3.05, 3.63) is 48.3 Å². The maximum absolute atomic E-state index is 12.5. The van der Waals surface area contributed by atoms with Crippen molar-refractivity contribution in [1.82, 2.24) is 25.3 Å². The fourth-order valence-corrected chi connectivity index (χ4v) is 3.26. The molecule has 2 aromatic rings. The summed E-state index contributed by atoms with van der Waals surface area (Å²) in [4.78, 5) is 6.10. The van der Waals surface area contributed by atoms with E-state index in [2.05, 4.69) is 32.9 Å². The first-order chi connectivity index (χ1) is 13.1. The molecule has 2 heterocycles. The Morgan fingerprint density at radius 2 is 2.07 bits per heavy atom. The predicted octanol–water partition coefficient (Wildman–Crippen LogP) is 2.88. The second kappa shape index (κ2) is 11.3. The van der Waals surface area contributed by atoms with Crippen LogP contribution in [-0.2, 0) is 6.54 Å². The minimum atomic E-state index is -2.26. The minimum Gasteiger partial charge on any atom is -0.354 e. The smallest absolute Gasteiger partial charge is 0.251 e. The lowest BCUT2D eigenvalue weighted by molar-refractivity contribution is 0.0744. The van der Waals surface area contributed by atoms with Crippen molar-refractivity contribution >= 4 is 29.9 Å². The van der Waals surface area contributed by atoms with Gasteiger partial charge in [0.05, 0.1) is 12.2 Å². The molecule has 1 aromatic carbocycles. The Bertz CT molecular complexity index is 730. The van der Waals surface area contributed by atoms with Crippen molar-refractivity contribution in [3.8, 4) is 5.69 Å². The molecule has 1 aromatic heterocycles. The van der Waals surface area contributed by atoms with Gasteiger partial charge < -0.3 is 10.6 Å². The number of aromatic nitrogens is 2. The molecule has 28 heavy (non-hydrogen) atoms. The fourth-order valence-electron chi connectivity index (χ4n) is 3.26. The highest BCUT2D eigenvalue weighted by Crippen LogP contribution is 2.12. The first-order valence-electron chi connectivity index (χ1n) is 9.20. The van der Waals surface area contributed by atoms with Gasteiger partial charge in [-0.2, -0.15) is 5.10 Å². The number of halogens is 3. The molecule has 0 spiro atoms. The number of aliphatic imine (C=N–C) groups is 1. The van der Waals surface area contributed by atoms with Crippen LogP contribution in [0.2, 0.25) is 0 Å². The number of piperidine rings is 1. The van der Waals surface area contributed by atoms with Gasteiger partial charge in [-0.1, -0.05) is 12.1 Å². The van der Waals surface area contributed by atoms with Crippen LogP contribution in [0.4, 0.5) is 8.78 Å². The molecule has 2 N–H and O–H groups in total. The summed E-state index contributed by atoms with van der Waals surface area (Å²) in [6.07, 6.45) is 3.07. The number of nitrogens with one attached hydrogen (secondary N) is 2. The van der Waals surface area contributed by atoms with Crippen LogP contribution < -0.4 is 10.6 Å². The van der Waals surface area contributed by atoms with Crippen LogP contribution in [0.15, 0.2) is 47.7 Å². The highest BCUT2D eigenvalue weighted by molar-refractivity contribution is 14.0. The SMILES string of the molecule is CN=C(NCc1cccc(-n2cccn2)c1)NC1CCN(CC(F)F)CC1.I. The van der Waals surface area contributed by atoms with E-state index in [1.807, 2.05) is 34.0 Å². The lowest BCUT2D eigenvalue weighted by atomic mass is 10.1. The van der Waals surface area contributed by atoms with E-state index in [-0.39, 0.29) is 36.6 Å². The average Bonchev–Trinajstić information content (AvgIpc) is 3.21. The highest BCUT2D eigenvalue weighted by Gasteiger charge is 2.21. The zero-order valence-corrected chi connectivity index (χ0v) is 18.2. The topological polar surface area (TPSA) is 57.5 Å². The fraction of sp³-hybridized carbons (Fsp3) is 0.474. The third kappa shape index (κ3) is 6.69. The molecule has 0 amide bonds. The van der Waals surface area contributed by atoms with Gasteiger partial charge in [-0.25, -0.2) is 13.5 Å². The summed E-state index contributed by atoms with van der Waals surface area (Å²) in [5.74, 6) is 0.729. The average molecular weight is 504 g/mol. The van der Waals surface area contributed by atoms with Crippen LogP contribution in [0.5, 0.6) is 0 Å². The first-order valence-corrected chi connectivity index (χ1v) is 9.20. The largest absolute Gasteiger partial charge is 0.354 e. The molecule has 0 saturated carbocycles. The van der Waals surface area contributed by atoms with Gasteiger partial charge in [0, 0.05) is 45.1 Å². The minimum absolute atomic E-state index is 0. The molecule has 1 aliphatic rings. The lowest BCUT2D eigenvalue weighted by Crippen LogP contribution is -2.49. The number of alkyl halides is 2. The Morgan fingerprint density at radius 1 is 1.29 bits per heavy atom. The van der Waals surface area contributed by atoms with E-state index in [1.165, 1.54) is 0 Å². The predicted molar refractivity (Wildman–Crippen MR) is 118 cm³/mol. The zero-order chi connectivity index (χ0) is 19.1. The highest BCUT2D eigenvalue weighted by atomic mass is 127. The summed E-state index contributed by atoms with van der Waals surface area (Å²) < 4.78 is 26.8. The van der Waals surface area contributed by atoms with E-state index in [1.54, 1.807) is 13.2 Å².